The summed E-state index contributed by atoms with van der Waals surface area (Å²) < 4.78 is 36.2. The van der Waals surface area contributed by atoms with Gasteiger partial charge in [0, 0.05) is 32.7 Å². The maximum atomic E-state index is 12.9. The molecule has 9 heteroatoms. The summed E-state index contributed by atoms with van der Waals surface area (Å²) in [5.41, 5.74) is 2.83. The lowest BCUT2D eigenvalue weighted by molar-refractivity contribution is 0.0341. The minimum absolute atomic E-state index is 0.0768. The Morgan fingerprint density at radius 2 is 1.83 bits per heavy atom. The lowest BCUT2D eigenvalue weighted by atomic mass is 10.1. The molecule has 2 aromatic carbocycles. The first-order valence-corrected chi connectivity index (χ1v) is 12.3. The maximum Gasteiger partial charge on any atom is 0.308 e. The van der Waals surface area contributed by atoms with Gasteiger partial charge in [0.15, 0.2) is 0 Å². The van der Waals surface area contributed by atoms with E-state index in [0.29, 0.717) is 11.2 Å². The normalized spacial score (nSPS) is 15.6. The van der Waals surface area contributed by atoms with Crippen molar-refractivity contribution in [1.29, 1.82) is 0 Å². The minimum Gasteiger partial charge on any atom is -0.379 e. The van der Waals surface area contributed by atoms with Gasteiger partial charge in [0.05, 0.1) is 28.3 Å². The van der Waals surface area contributed by atoms with E-state index in [0.717, 1.165) is 60.8 Å². The van der Waals surface area contributed by atoms with Crippen LogP contribution >= 0.6 is 11.3 Å². The van der Waals surface area contributed by atoms with Gasteiger partial charge < -0.3 is 4.74 Å². The number of hydrogen-bond donors (Lipinski definition) is 1. The van der Waals surface area contributed by atoms with Gasteiger partial charge in [-0.25, -0.2) is 13.1 Å². The number of hydrogen-bond acceptors (Lipinski definition) is 6. The SMILES string of the molecule is CCn1c(=O)sc2cc(S(=O)(=O)NCc3ccccc3CN3CCOCC3)ccc21. The van der Waals surface area contributed by atoms with Crippen LogP contribution in [0.3, 0.4) is 0 Å². The van der Waals surface area contributed by atoms with E-state index < -0.39 is 10.0 Å². The number of morpholine rings is 1. The second-order valence-electron chi connectivity index (χ2n) is 7.22. The van der Waals surface area contributed by atoms with Crippen molar-refractivity contribution in [2.45, 2.75) is 31.5 Å². The van der Waals surface area contributed by atoms with Crippen molar-refractivity contribution in [3.63, 3.8) is 0 Å². The molecular weight excluding hydrogens is 422 g/mol. The molecule has 3 aromatic rings. The first kappa shape index (κ1) is 21.2. The average molecular weight is 448 g/mol. The molecule has 0 unspecified atom stereocenters. The number of nitrogens with zero attached hydrogens (tertiary/aromatic N) is 2. The molecule has 1 saturated heterocycles. The Balaban J connectivity index is 1.52. The molecule has 0 radical (unpaired) electrons. The fourth-order valence-corrected chi connectivity index (χ4v) is 5.76. The molecule has 1 N–H and O–H groups in total. The van der Waals surface area contributed by atoms with Crippen molar-refractivity contribution in [3.05, 3.63) is 63.3 Å². The van der Waals surface area contributed by atoms with E-state index in [1.807, 2.05) is 31.2 Å². The van der Waals surface area contributed by atoms with E-state index in [2.05, 4.69) is 9.62 Å². The van der Waals surface area contributed by atoms with Crippen LogP contribution in [0.15, 0.2) is 52.2 Å². The fraction of sp³-hybridized carbons (Fsp3) is 0.381. The predicted molar refractivity (Wildman–Crippen MR) is 118 cm³/mol. The Morgan fingerprint density at radius 1 is 1.10 bits per heavy atom. The number of sulfonamides is 1. The van der Waals surface area contributed by atoms with Crippen LogP contribution in [0.2, 0.25) is 0 Å². The summed E-state index contributed by atoms with van der Waals surface area (Å²) in [5.74, 6) is 0. The zero-order valence-electron chi connectivity index (χ0n) is 16.8. The van der Waals surface area contributed by atoms with Crippen LogP contribution in [0.1, 0.15) is 18.1 Å². The lowest BCUT2D eigenvalue weighted by Crippen LogP contribution is -2.36. The van der Waals surface area contributed by atoms with Crippen molar-refractivity contribution in [1.82, 2.24) is 14.2 Å². The maximum absolute atomic E-state index is 12.9. The Morgan fingerprint density at radius 3 is 2.57 bits per heavy atom. The molecular formula is C21H25N3O4S2. The molecule has 7 nitrogen and oxygen atoms in total. The molecule has 0 saturated carbocycles. The summed E-state index contributed by atoms with van der Waals surface area (Å²) in [5, 5.41) is 0. The summed E-state index contributed by atoms with van der Waals surface area (Å²) in [7, 11) is -3.70. The molecule has 0 amide bonds. The third-order valence-corrected chi connectivity index (χ3v) is 7.68. The van der Waals surface area contributed by atoms with Gasteiger partial charge in [-0.15, -0.1) is 0 Å². The first-order valence-electron chi connectivity index (χ1n) is 9.98. The molecule has 1 aromatic heterocycles. The highest BCUT2D eigenvalue weighted by Gasteiger charge is 2.18. The summed E-state index contributed by atoms with van der Waals surface area (Å²) in [4.78, 5) is 14.5. The molecule has 0 atom stereocenters. The quantitative estimate of drug-likeness (QED) is 0.602. The molecule has 30 heavy (non-hydrogen) atoms. The van der Waals surface area contributed by atoms with Crippen molar-refractivity contribution >= 4 is 31.6 Å². The molecule has 0 aliphatic carbocycles. The van der Waals surface area contributed by atoms with E-state index in [-0.39, 0.29) is 16.3 Å². The molecule has 1 aliphatic heterocycles. The molecule has 0 spiro atoms. The fourth-order valence-electron chi connectivity index (χ4n) is 3.65. The third kappa shape index (κ3) is 4.50. The Kier molecular flexibility index (Phi) is 6.35. The van der Waals surface area contributed by atoms with Crippen LogP contribution in [0, 0.1) is 0 Å². The molecule has 160 valence electrons. The van der Waals surface area contributed by atoms with Gasteiger partial charge in [0.25, 0.3) is 0 Å². The van der Waals surface area contributed by atoms with E-state index >= 15 is 0 Å². The smallest absolute Gasteiger partial charge is 0.308 e. The number of ether oxygens (including phenoxy) is 1. The largest absolute Gasteiger partial charge is 0.379 e. The van der Waals surface area contributed by atoms with Gasteiger partial charge in [0.2, 0.25) is 10.0 Å². The minimum atomic E-state index is -3.70. The van der Waals surface area contributed by atoms with E-state index in [1.165, 1.54) is 0 Å². The number of aryl methyl sites for hydroxylation is 1. The second kappa shape index (κ2) is 8.99. The standard InChI is InChI=1S/C21H25N3O4S2/c1-2-24-19-8-7-18(13-20(19)29-21(24)25)30(26,27)22-14-16-5-3-4-6-17(16)15-23-9-11-28-12-10-23/h3-8,13,22H,2,9-12,14-15H2,1H3. The van der Waals surface area contributed by atoms with Crippen LogP contribution in [-0.4, -0.2) is 44.2 Å². The van der Waals surface area contributed by atoms with Crippen LogP contribution < -0.4 is 9.60 Å². The van der Waals surface area contributed by atoms with Gasteiger partial charge in [0.1, 0.15) is 0 Å². The van der Waals surface area contributed by atoms with Crippen molar-refractivity contribution in [2.75, 3.05) is 26.3 Å². The summed E-state index contributed by atoms with van der Waals surface area (Å²) in [6.07, 6.45) is 0. The van der Waals surface area contributed by atoms with E-state index in [4.69, 9.17) is 4.74 Å². The highest BCUT2D eigenvalue weighted by molar-refractivity contribution is 7.89. The Hall–Kier alpha value is -2.04. The number of benzene rings is 2. The Labute approximate surface area is 179 Å². The van der Waals surface area contributed by atoms with Gasteiger partial charge in [-0.05, 0) is 36.2 Å². The van der Waals surface area contributed by atoms with Crippen LogP contribution in [0.25, 0.3) is 10.2 Å². The van der Waals surface area contributed by atoms with Crippen LogP contribution in [0.4, 0.5) is 0 Å². The zero-order chi connectivity index (χ0) is 21.1. The van der Waals surface area contributed by atoms with Crippen LogP contribution in [-0.2, 0) is 34.4 Å². The summed E-state index contributed by atoms with van der Waals surface area (Å²) >= 11 is 1.07. The number of fused-ring (bicyclic) bond motifs is 1. The van der Waals surface area contributed by atoms with E-state index in [9.17, 15) is 13.2 Å². The van der Waals surface area contributed by atoms with Gasteiger partial charge in [-0.1, -0.05) is 35.6 Å². The van der Waals surface area contributed by atoms with Crippen LogP contribution in [0.5, 0.6) is 0 Å². The van der Waals surface area contributed by atoms with Gasteiger partial charge >= 0.3 is 4.87 Å². The predicted octanol–water partition coefficient (Wildman–Crippen LogP) is 2.39. The number of thiazole rings is 1. The topological polar surface area (TPSA) is 80.6 Å². The zero-order valence-corrected chi connectivity index (χ0v) is 18.5. The summed E-state index contributed by atoms with van der Waals surface area (Å²) in [6, 6.07) is 12.7. The average Bonchev–Trinajstić information content (AvgIpc) is 3.08. The van der Waals surface area contributed by atoms with Crippen molar-refractivity contribution in [3.8, 4) is 0 Å². The molecule has 4 rings (SSSR count). The summed E-state index contributed by atoms with van der Waals surface area (Å²) in [6.45, 7) is 6.64. The molecule has 2 heterocycles. The molecule has 1 fully saturated rings. The highest BCUT2D eigenvalue weighted by atomic mass is 32.2. The van der Waals surface area contributed by atoms with Crippen molar-refractivity contribution < 1.29 is 13.2 Å². The highest BCUT2D eigenvalue weighted by Crippen LogP contribution is 2.22. The number of aromatic nitrogens is 1. The monoisotopic (exact) mass is 447 g/mol. The van der Waals surface area contributed by atoms with E-state index in [1.54, 1.807) is 22.8 Å². The first-order chi connectivity index (χ1) is 14.5. The Bertz CT molecular complexity index is 1190. The molecule has 0 bridgehead atoms. The van der Waals surface area contributed by atoms with Gasteiger partial charge in [-0.3, -0.25) is 14.3 Å². The third-order valence-electron chi connectivity index (χ3n) is 5.33. The second-order valence-corrected chi connectivity index (χ2v) is 9.98. The number of nitrogens with one attached hydrogen (secondary N) is 1. The number of rotatable bonds is 7. The van der Waals surface area contributed by atoms with Gasteiger partial charge in [-0.2, -0.15) is 0 Å². The van der Waals surface area contributed by atoms with Crippen molar-refractivity contribution in [2.24, 2.45) is 0 Å². The molecule has 1 aliphatic rings. The lowest BCUT2D eigenvalue weighted by Gasteiger charge is -2.27.